The van der Waals surface area contributed by atoms with Gasteiger partial charge in [-0.15, -0.1) is 0 Å². The number of sulfone groups is 2. The van der Waals surface area contributed by atoms with Crippen LogP contribution in [0.3, 0.4) is 0 Å². The number of benzene rings is 2. The summed E-state index contributed by atoms with van der Waals surface area (Å²) in [5.74, 6) is -3.28. The fourth-order valence-electron chi connectivity index (χ4n) is 3.44. The molecule has 16 heteroatoms. The average Bonchev–Trinajstić information content (AvgIpc) is 2.80. The van der Waals surface area contributed by atoms with Crippen LogP contribution in [-0.4, -0.2) is 52.3 Å². The Hall–Kier alpha value is -3.53. The van der Waals surface area contributed by atoms with E-state index >= 15 is 0 Å². The highest BCUT2D eigenvalue weighted by Gasteiger charge is 2.25. The van der Waals surface area contributed by atoms with Gasteiger partial charge in [0, 0.05) is 23.6 Å². The summed E-state index contributed by atoms with van der Waals surface area (Å²) in [6.45, 7) is 3.23. The number of carboxylic acids is 1. The van der Waals surface area contributed by atoms with Gasteiger partial charge < -0.3 is 16.6 Å². The highest BCUT2D eigenvalue weighted by molar-refractivity contribution is 7.91. The van der Waals surface area contributed by atoms with E-state index in [-0.39, 0.29) is 33.8 Å². The predicted molar refractivity (Wildman–Crippen MR) is 135 cm³/mol. The van der Waals surface area contributed by atoms with Crippen LogP contribution in [0.25, 0.3) is 0 Å². The van der Waals surface area contributed by atoms with Gasteiger partial charge >= 0.3 is 5.97 Å². The molecule has 0 aliphatic carbocycles. The molecular weight excluding hydrogens is 570 g/mol. The quantitative estimate of drug-likeness (QED) is 0.233. The zero-order valence-corrected chi connectivity index (χ0v) is 22.8. The van der Waals surface area contributed by atoms with Crippen molar-refractivity contribution in [3.63, 3.8) is 0 Å². The van der Waals surface area contributed by atoms with Crippen molar-refractivity contribution in [2.45, 2.75) is 49.3 Å². The van der Waals surface area contributed by atoms with E-state index in [1.165, 1.54) is 0 Å². The molecule has 0 spiro atoms. The summed E-state index contributed by atoms with van der Waals surface area (Å²) >= 11 is 0. The van der Waals surface area contributed by atoms with E-state index in [0.717, 1.165) is 36.8 Å². The fraction of sp³-hybridized carbons (Fsp3) is 0.348. The van der Waals surface area contributed by atoms with Crippen molar-refractivity contribution in [2.24, 2.45) is 16.5 Å². The second-order valence-electron chi connectivity index (χ2n) is 8.09. The SMILES string of the molecule is CCc1cc(C(F)F)c(C(=O)N=C(N)N)cc1S(C)(=O)=O.CCc1cc(C(F)F)c(C(=O)O)cc1S(C)(=O)=O. The Labute approximate surface area is 222 Å². The van der Waals surface area contributed by atoms with E-state index in [2.05, 4.69) is 4.99 Å². The number of halogens is 4. The van der Waals surface area contributed by atoms with Gasteiger partial charge in [0.05, 0.1) is 20.9 Å². The predicted octanol–water partition coefficient (Wildman–Crippen LogP) is 3.29. The van der Waals surface area contributed by atoms with E-state index in [9.17, 15) is 44.0 Å². The first-order valence-corrected chi connectivity index (χ1v) is 14.7. The molecule has 1 amide bonds. The standard InChI is InChI=1S/C12H15F2N3O3S.C11H12F2O4S/c1-3-6-4-7(10(13)14)8(11(18)17-12(15)16)5-9(6)21(2,19)20;1-3-6-4-7(10(12)13)8(11(14)15)5-9(6)18(2,16)17/h4-5,10H,3H2,1-2H3,(H4,15,16,17,18);4-5,10H,3H2,1-2H3,(H,14,15). The minimum Gasteiger partial charge on any atom is -0.478 e. The maximum absolute atomic E-state index is 13.1. The molecule has 2 aromatic rings. The van der Waals surface area contributed by atoms with Crippen LogP contribution in [-0.2, 0) is 32.5 Å². The molecule has 0 aliphatic rings. The van der Waals surface area contributed by atoms with E-state index in [1.807, 2.05) is 0 Å². The van der Waals surface area contributed by atoms with Gasteiger partial charge in [0.15, 0.2) is 25.6 Å². The molecule has 10 nitrogen and oxygen atoms in total. The number of guanidine groups is 1. The first kappa shape index (κ1) is 33.5. The zero-order chi connectivity index (χ0) is 30.5. The molecule has 2 rings (SSSR count). The topological polar surface area (TPSA) is 187 Å². The van der Waals surface area contributed by atoms with Crippen molar-refractivity contribution in [1.82, 2.24) is 0 Å². The third kappa shape index (κ3) is 8.74. The molecule has 0 heterocycles. The molecule has 39 heavy (non-hydrogen) atoms. The van der Waals surface area contributed by atoms with Crippen LogP contribution in [0, 0.1) is 0 Å². The normalized spacial score (nSPS) is 11.6. The van der Waals surface area contributed by atoms with Crippen LogP contribution in [0.4, 0.5) is 17.6 Å². The zero-order valence-electron chi connectivity index (χ0n) is 21.2. The molecule has 216 valence electrons. The Kier molecular flexibility index (Phi) is 11.2. The number of carboxylic acid groups (broad SMARTS) is 1. The second kappa shape index (κ2) is 13.0. The van der Waals surface area contributed by atoms with E-state index in [1.54, 1.807) is 13.8 Å². The lowest BCUT2D eigenvalue weighted by Gasteiger charge is -2.12. The van der Waals surface area contributed by atoms with E-state index in [0.29, 0.717) is 0 Å². The minimum atomic E-state index is -3.68. The number of hydrogen-bond acceptors (Lipinski definition) is 6. The lowest BCUT2D eigenvalue weighted by Crippen LogP contribution is -2.24. The van der Waals surface area contributed by atoms with Crippen LogP contribution in [0.1, 0.15) is 69.7 Å². The molecule has 0 atom stereocenters. The molecule has 5 N–H and O–H groups in total. The Morgan fingerprint density at radius 3 is 1.44 bits per heavy atom. The summed E-state index contributed by atoms with van der Waals surface area (Å²) in [7, 11) is -7.33. The number of alkyl halides is 4. The number of aryl methyl sites for hydroxylation is 2. The van der Waals surface area contributed by atoms with Crippen molar-refractivity contribution in [2.75, 3.05) is 12.5 Å². The van der Waals surface area contributed by atoms with Crippen LogP contribution in [0.5, 0.6) is 0 Å². The van der Waals surface area contributed by atoms with Crippen molar-refractivity contribution in [3.8, 4) is 0 Å². The molecule has 0 bridgehead atoms. The number of rotatable bonds is 8. The van der Waals surface area contributed by atoms with E-state index < -0.39 is 72.6 Å². The third-order valence-electron chi connectivity index (χ3n) is 5.19. The van der Waals surface area contributed by atoms with Crippen LogP contribution in [0.15, 0.2) is 39.0 Å². The van der Waals surface area contributed by atoms with Crippen molar-refractivity contribution >= 4 is 37.5 Å². The summed E-state index contributed by atoms with van der Waals surface area (Å²) < 4.78 is 97.9. The number of nitrogens with two attached hydrogens (primary N) is 2. The van der Waals surface area contributed by atoms with Crippen LogP contribution < -0.4 is 11.5 Å². The Morgan fingerprint density at radius 1 is 0.795 bits per heavy atom. The van der Waals surface area contributed by atoms with Gasteiger partial charge in [0.25, 0.3) is 18.8 Å². The Balaban J connectivity index is 0.000000395. The van der Waals surface area contributed by atoms with Crippen molar-refractivity contribution in [3.05, 3.63) is 57.6 Å². The van der Waals surface area contributed by atoms with Gasteiger partial charge in [-0.1, -0.05) is 13.8 Å². The maximum atomic E-state index is 13.1. The maximum Gasteiger partial charge on any atom is 0.336 e. The third-order valence-corrected chi connectivity index (χ3v) is 7.55. The van der Waals surface area contributed by atoms with Crippen molar-refractivity contribution in [1.29, 1.82) is 0 Å². The Bertz CT molecular complexity index is 1500. The summed E-state index contributed by atoms with van der Waals surface area (Å²) in [6.07, 6.45) is -3.64. The van der Waals surface area contributed by atoms with Crippen LogP contribution >= 0.6 is 0 Å². The largest absolute Gasteiger partial charge is 0.478 e. The van der Waals surface area contributed by atoms with Gasteiger partial charge in [0.1, 0.15) is 0 Å². The molecule has 0 aliphatic heterocycles. The molecule has 0 radical (unpaired) electrons. The fourth-order valence-corrected chi connectivity index (χ4v) is 5.46. The monoisotopic (exact) mass is 597 g/mol. The second-order valence-corrected chi connectivity index (χ2v) is 12.1. The molecule has 0 saturated heterocycles. The highest BCUT2D eigenvalue weighted by atomic mass is 32.2. The summed E-state index contributed by atoms with van der Waals surface area (Å²) in [5, 5.41) is 8.84. The molecule has 0 aromatic heterocycles. The number of aromatic carboxylic acids is 1. The van der Waals surface area contributed by atoms with Gasteiger partial charge in [-0.2, -0.15) is 4.99 Å². The average molecular weight is 598 g/mol. The smallest absolute Gasteiger partial charge is 0.336 e. The Morgan fingerprint density at radius 2 is 1.15 bits per heavy atom. The minimum absolute atomic E-state index is 0.191. The lowest BCUT2D eigenvalue weighted by molar-refractivity contribution is 0.0684. The molecular formula is C23H27F4N3O7S2. The number of carbonyl (C=O) groups excluding carboxylic acids is 1. The van der Waals surface area contributed by atoms with Gasteiger partial charge in [-0.05, 0) is 48.2 Å². The number of carbonyl (C=O) groups is 2. The lowest BCUT2D eigenvalue weighted by atomic mass is 10.0. The van der Waals surface area contributed by atoms with Gasteiger partial charge in [-0.3, -0.25) is 4.79 Å². The number of aliphatic imine (C=N–C) groups is 1. The highest BCUT2D eigenvalue weighted by Crippen LogP contribution is 2.30. The molecule has 0 saturated carbocycles. The first-order chi connectivity index (χ1) is 17.8. The van der Waals surface area contributed by atoms with Gasteiger partial charge in [0.2, 0.25) is 0 Å². The van der Waals surface area contributed by atoms with E-state index in [4.69, 9.17) is 16.6 Å². The first-order valence-electron chi connectivity index (χ1n) is 10.9. The summed E-state index contributed by atoms with van der Waals surface area (Å²) in [6, 6.07) is 3.64. The molecule has 2 aromatic carbocycles. The number of hydrogen-bond donors (Lipinski definition) is 3. The van der Waals surface area contributed by atoms with Crippen molar-refractivity contribution < 1.29 is 49.1 Å². The van der Waals surface area contributed by atoms with Gasteiger partial charge in [-0.25, -0.2) is 39.2 Å². The summed E-state index contributed by atoms with van der Waals surface area (Å²) in [5.41, 5.74) is 8.00. The van der Waals surface area contributed by atoms with Crippen LogP contribution in [0.2, 0.25) is 0 Å². The molecule has 0 unspecified atom stereocenters. The number of amides is 1. The molecule has 0 fully saturated rings. The number of nitrogens with zero attached hydrogens (tertiary/aromatic N) is 1. The summed E-state index contributed by atoms with van der Waals surface area (Å²) in [4.78, 5) is 25.4.